The minimum Gasteiger partial charge on any atom is -0.497 e. The van der Waals surface area contributed by atoms with Gasteiger partial charge in [0.05, 0.1) is 12.7 Å². The van der Waals surface area contributed by atoms with E-state index in [-0.39, 0.29) is 11.6 Å². The molecule has 0 spiro atoms. The summed E-state index contributed by atoms with van der Waals surface area (Å²) in [4.78, 5) is 0. The third-order valence-electron chi connectivity index (χ3n) is 3.14. The number of ether oxygens (including phenoxy) is 2. The number of nitrogens with one attached hydrogen (secondary N) is 1. The minimum absolute atomic E-state index is 0.173. The number of rotatable bonds is 7. The first-order chi connectivity index (χ1) is 8.50. The Morgan fingerprint density at radius 2 is 2.06 bits per heavy atom. The van der Waals surface area contributed by atoms with Crippen LogP contribution in [0.15, 0.2) is 24.3 Å². The molecule has 0 aromatic heterocycles. The van der Waals surface area contributed by atoms with Gasteiger partial charge in [-0.1, -0.05) is 12.1 Å². The van der Waals surface area contributed by atoms with E-state index in [4.69, 9.17) is 15.3 Å². The highest BCUT2D eigenvalue weighted by molar-refractivity contribution is 5.29. The number of hydrogen-bond donors (Lipinski definition) is 2. The second kappa shape index (κ2) is 6.73. The van der Waals surface area contributed by atoms with E-state index in [1.165, 1.54) is 5.56 Å². The number of benzene rings is 1. The quantitative estimate of drug-likeness (QED) is 0.575. The van der Waals surface area contributed by atoms with Crippen LogP contribution in [0.3, 0.4) is 0 Å². The lowest BCUT2D eigenvalue weighted by atomic mass is 9.94. The molecule has 0 saturated carbocycles. The summed E-state index contributed by atoms with van der Waals surface area (Å²) >= 11 is 0. The van der Waals surface area contributed by atoms with Gasteiger partial charge in [0.1, 0.15) is 5.75 Å². The van der Waals surface area contributed by atoms with Crippen LogP contribution in [0.1, 0.15) is 25.8 Å². The number of hydrogen-bond acceptors (Lipinski definition) is 4. The summed E-state index contributed by atoms with van der Waals surface area (Å²) in [7, 11) is 3.39. The maximum Gasteiger partial charge on any atom is 0.119 e. The van der Waals surface area contributed by atoms with E-state index >= 15 is 0 Å². The molecule has 0 amide bonds. The number of nitrogens with two attached hydrogens (primary N) is 1. The van der Waals surface area contributed by atoms with Gasteiger partial charge in [-0.2, -0.15) is 0 Å². The van der Waals surface area contributed by atoms with E-state index in [9.17, 15) is 0 Å². The molecular weight excluding hydrogens is 228 g/mol. The van der Waals surface area contributed by atoms with Crippen molar-refractivity contribution in [1.29, 1.82) is 0 Å². The molecule has 1 aromatic carbocycles. The molecule has 0 radical (unpaired) electrons. The van der Waals surface area contributed by atoms with Gasteiger partial charge < -0.3 is 9.47 Å². The van der Waals surface area contributed by atoms with Gasteiger partial charge >= 0.3 is 0 Å². The normalized spacial score (nSPS) is 13.4. The second-order valence-corrected chi connectivity index (χ2v) is 5.09. The molecule has 18 heavy (non-hydrogen) atoms. The van der Waals surface area contributed by atoms with Gasteiger partial charge in [-0.3, -0.25) is 11.3 Å². The highest BCUT2D eigenvalue weighted by Crippen LogP contribution is 2.19. The van der Waals surface area contributed by atoms with Crippen LogP contribution in [0.4, 0.5) is 0 Å². The molecule has 102 valence electrons. The van der Waals surface area contributed by atoms with E-state index in [1.54, 1.807) is 14.2 Å². The van der Waals surface area contributed by atoms with Crippen molar-refractivity contribution in [3.05, 3.63) is 29.8 Å². The summed E-state index contributed by atoms with van der Waals surface area (Å²) in [5, 5.41) is 0. The van der Waals surface area contributed by atoms with Gasteiger partial charge in [0.25, 0.3) is 0 Å². The Morgan fingerprint density at radius 3 is 2.61 bits per heavy atom. The molecule has 0 aliphatic carbocycles. The van der Waals surface area contributed by atoms with Gasteiger partial charge in [-0.15, -0.1) is 0 Å². The molecule has 3 N–H and O–H groups in total. The molecule has 4 nitrogen and oxygen atoms in total. The molecule has 0 aliphatic rings. The van der Waals surface area contributed by atoms with Crippen LogP contribution in [0, 0.1) is 0 Å². The zero-order valence-electron chi connectivity index (χ0n) is 11.7. The largest absolute Gasteiger partial charge is 0.497 e. The molecule has 0 bridgehead atoms. The maximum atomic E-state index is 5.62. The average molecular weight is 252 g/mol. The van der Waals surface area contributed by atoms with E-state index in [2.05, 4.69) is 25.3 Å². The SMILES string of the molecule is COc1cccc(CC(CC(C)(C)OC)NN)c1. The molecular formula is C14H24N2O2. The first kappa shape index (κ1) is 15.0. The van der Waals surface area contributed by atoms with Gasteiger partial charge in [-0.25, -0.2) is 0 Å². The Balaban J connectivity index is 2.67. The molecule has 1 unspecified atom stereocenters. The molecule has 0 heterocycles. The van der Waals surface area contributed by atoms with Gasteiger partial charge in [0, 0.05) is 13.2 Å². The third-order valence-corrected chi connectivity index (χ3v) is 3.14. The van der Waals surface area contributed by atoms with Crippen molar-refractivity contribution >= 4 is 0 Å². The minimum atomic E-state index is -0.185. The monoisotopic (exact) mass is 252 g/mol. The van der Waals surface area contributed by atoms with Crippen molar-refractivity contribution in [3.8, 4) is 5.75 Å². The van der Waals surface area contributed by atoms with Crippen LogP contribution in [-0.4, -0.2) is 25.9 Å². The Hall–Kier alpha value is -1.10. The Labute approximate surface area is 109 Å². The van der Waals surface area contributed by atoms with E-state index in [0.717, 1.165) is 18.6 Å². The first-order valence-corrected chi connectivity index (χ1v) is 6.15. The zero-order valence-corrected chi connectivity index (χ0v) is 11.7. The van der Waals surface area contributed by atoms with E-state index in [1.807, 2.05) is 18.2 Å². The van der Waals surface area contributed by atoms with Crippen LogP contribution in [0.25, 0.3) is 0 Å². The van der Waals surface area contributed by atoms with E-state index in [0.29, 0.717) is 0 Å². The highest BCUT2D eigenvalue weighted by atomic mass is 16.5. The van der Waals surface area contributed by atoms with Gasteiger partial charge in [0.15, 0.2) is 0 Å². The zero-order chi connectivity index (χ0) is 13.6. The van der Waals surface area contributed by atoms with Crippen LogP contribution in [0.5, 0.6) is 5.75 Å². The van der Waals surface area contributed by atoms with Crippen molar-refractivity contribution in [2.75, 3.05) is 14.2 Å². The highest BCUT2D eigenvalue weighted by Gasteiger charge is 2.22. The van der Waals surface area contributed by atoms with E-state index < -0.39 is 0 Å². The molecule has 1 rings (SSSR count). The summed E-state index contributed by atoms with van der Waals surface area (Å²) < 4.78 is 10.6. The fourth-order valence-corrected chi connectivity index (χ4v) is 1.95. The molecule has 1 atom stereocenters. The van der Waals surface area contributed by atoms with Crippen molar-refractivity contribution in [1.82, 2.24) is 5.43 Å². The number of methoxy groups -OCH3 is 2. The lowest BCUT2D eigenvalue weighted by Gasteiger charge is -2.28. The maximum absolute atomic E-state index is 5.62. The first-order valence-electron chi connectivity index (χ1n) is 6.15. The summed E-state index contributed by atoms with van der Waals surface area (Å²) in [5.74, 6) is 6.49. The standard InChI is InChI=1S/C14H24N2O2/c1-14(2,18-4)10-12(16-15)8-11-6-5-7-13(9-11)17-3/h5-7,9,12,16H,8,10,15H2,1-4H3. The fraction of sp³-hybridized carbons (Fsp3) is 0.571. The Kier molecular flexibility index (Phi) is 5.59. The summed E-state index contributed by atoms with van der Waals surface area (Å²) in [5.41, 5.74) is 3.87. The molecule has 4 heteroatoms. The van der Waals surface area contributed by atoms with Crippen molar-refractivity contribution in [2.24, 2.45) is 5.84 Å². The van der Waals surface area contributed by atoms with Crippen molar-refractivity contribution < 1.29 is 9.47 Å². The topological polar surface area (TPSA) is 56.5 Å². The predicted molar refractivity (Wildman–Crippen MR) is 73.5 cm³/mol. The lowest BCUT2D eigenvalue weighted by molar-refractivity contribution is 0.00710. The summed E-state index contributed by atoms with van der Waals surface area (Å²) in [6.45, 7) is 4.12. The molecule has 0 saturated heterocycles. The lowest BCUT2D eigenvalue weighted by Crippen LogP contribution is -2.42. The predicted octanol–water partition coefficient (Wildman–Crippen LogP) is 1.88. The van der Waals surface area contributed by atoms with Gasteiger partial charge in [0.2, 0.25) is 0 Å². The molecule has 1 aromatic rings. The van der Waals surface area contributed by atoms with Crippen LogP contribution in [0.2, 0.25) is 0 Å². The van der Waals surface area contributed by atoms with Crippen molar-refractivity contribution in [2.45, 2.75) is 38.3 Å². The van der Waals surface area contributed by atoms with Crippen molar-refractivity contribution in [3.63, 3.8) is 0 Å². The van der Waals surface area contributed by atoms with Crippen LogP contribution >= 0.6 is 0 Å². The van der Waals surface area contributed by atoms with Crippen LogP contribution in [-0.2, 0) is 11.2 Å². The Bertz CT molecular complexity index is 367. The molecule has 0 fully saturated rings. The molecule has 0 aliphatic heterocycles. The fourth-order valence-electron chi connectivity index (χ4n) is 1.95. The summed E-state index contributed by atoms with van der Waals surface area (Å²) in [6, 6.07) is 8.21. The second-order valence-electron chi connectivity index (χ2n) is 5.09. The average Bonchev–Trinajstić information content (AvgIpc) is 2.38. The Morgan fingerprint density at radius 1 is 1.33 bits per heavy atom. The smallest absolute Gasteiger partial charge is 0.119 e. The summed E-state index contributed by atoms with van der Waals surface area (Å²) in [6.07, 6.45) is 1.69. The third kappa shape index (κ3) is 4.64. The van der Waals surface area contributed by atoms with Crippen LogP contribution < -0.4 is 16.0 Å². The number of hydrazine groups is 1. The van der Waals surface area contributed by atoms with Gasteiger partial charge in [-0.05, 0) is 44.4 Å².